The van der Waals surface area contributed by atoms with E-state index in [-0.39, 0.29) is 0 Å². The van der Waals surface area contributed by atoms with E-state index in [4.69, 9.17) is 9.47 Å². The molecule has 1 heterocycles. The van der Waals surface area contributed by atoms with Crippen LogP contribution in [0.25, 0.3) is 0 Å². The third kappa shape index (κ3) is 2.06. The van der Waals surface area contributed by atoms with Crippen molar-refractivity contribution in [3.63, 3.8) is 0 Å². The van der Waals surface area contributed by atoms with Gasteiger partial charge in [-0.2, -0.15) is 0 Å². The molecular weight excluding hydrogens is 116 g/mol. The predicted octanol–water partition coefficient (Wildman–Crippen LogP) is 1.18. The van der Waals surface area contributed by atoms with Gasteiger partial charge in [-0.15, -0.1) is 0 Å². The Kier molecular flexibility index (Phi) is 2.58. The molecule has 52 valence electrons. The Hall–Kier alpha value is -0.500. The van der Waals surface area contributed by atoms with E-state index in [9.17, 15) is 0 Å². The molecule has 0 N–H and O–H groups in total. The summed E-state index contributed by atoms with van der Waals surface area (Å²) in [6, 6.07) is 0. The van der Waals surface area contributed by atoms with E-state index in [1.165, 1.54) is 0 Å². The standard InChI is InChI=1S/C7H12O2/c1-8-4-2-7-3-5-9-6-7/h2,4,7H,3,5-6H2,1H3/b4-2+. The Balaban J connectivity index is 2.18. The van der Waals surface area contributed by atoms with Crippen LogP contribution in [-0.2, 0) is 9.47 Å². The van der Waals surface area contributed by atoms with Crippen molar-refractivity contribution in [1.29, 1.82) is 0 Å². The Morgan fingerprint density at radius 1 is 1.67 bits per heavy atom. The normalized spacial score (nSPS) is 27.4. The van der Waals surface area contributed by atoms with Gasteiger partial charge in [-0.1, -0.05) is 0 Å². The van der Waals surface area contributed by atoms with E-state index in [2.05, 4.69) is 0 Å². The molecule has 0 radical (unpaired) electrons. The number of hydrogen-bond acceptors (Lipinski definition) is 2. The van der Waals surface area contributed by atoms with Crippen LogP contribution in [0.5, 0.6) is 0 Å². The van der Waals surface area contributed by atoms with E-state index < -0.39 is 0 Å². The van der Waals surface area contributed by atoms with Gasteiger partial charge in [0.1, 0.15) is 0 Å². The zero-order valence-electron chi connectivity index (χ0n) is 5.67. The van der Waals surface area contributed by atoms with Crippen LogP contribution in [0.15, 0.2) is 12.3 Å². The topological polar surface area (TPSA) is 18.5 Å². The third-order valence-electron chi connectivity index (χ3n) is 1.45. The van der Waals surface area contributed by atoms with Gasteiger partial charge in [-0.25, -0.2) is 0 Å². The lowest BCUT2D eigenvalue weighted by molar-refractivity contribution is 0.191. The van der Waals surface area contributed by atoms with Crippen LogP contribution in [0.1, 0.15) is 6.42 Å². The first-order valence-electron chi connectivity index (χ1n) is 3.20. The van der Waals surface area contributed by atoms with Gasteiger partial charge in [0.15, 0.2) is 0 Å². The summed E-state index contributed by atoms with van der Waals surface area (Å²) in [6.07, 6.45) is 4.91. The Morgan fingerprint density at radius 2 is 2.56 bits per heavy atom. The predicted molar refractivity (Wildman–Crippen MR) is 35.1 cm³/mol. The number of hydrogen-bond donors (Lipinski definition) is 0. The minimum absolute atomic E-state index is 0.588. The molecule has 1 rings (SSSR count). The van der Waals surface area contributed by atoms with Crippen molar-refractivity contribution in [3.05, 3.63) is 12.3 Å². The quantitative estimate of drug-likeness (QED) is 0.520. The average Bonchev–Trinajstić information content (AvgIpc) is 2.34. The van der Waals surface area contributed by atoms with E-state index in [0.29, 0.717) is 5.92 Å². The Morgan fingerprint density at radius 3 is 3.11 bits per heavy atom. The molecule has 1 fully saturated rings. The van der Waals surface area contributed by atoms with Crippen LogP contribution in [0.2, 0.25) is 0 Å². The summed E-state index contributed by atoms with van der Waals surface area (Å²) in [5, 5.41) is 0. The van der Waals surface area contributed by atoms with Gasteiger partial charge < -0.3 is 9.47 Å². The highest BCUT2D eigenvalue weighted by atomic mass is 16.5. The molecule has 0 spiro atoms. The summed E-state index contributed by atoms with van der Waals surface area (Å²) >= 11 is 0. The van der Waals surface area contributed by atoms with Crippen LogP contribution >= 0.6 is 0 Å². The maximum atomic E-state index is 5.15. The molecule has 0 bridgehead atoms. The van der Waals surface area contributed by atoms with Gasteiger partial charge in [0.05, 0.1) is 20.0 Å². The summed E-state index contributed by atoms with van der Waals surface area (Å²) in [6.45, 7) is 1.76. The molecule has 0 aromatic rings. The fourth-order valence-corrected chi connectivity index (χ4v) is 0.894. The summed E-state index contributed by atoms with van der Waals surface area (Å²) in [5.41, 5.74) is 0. The summed E-state index contributed by atoms with van der Waals surface area (Å²) in [4.78, 5) is 0. The van der Waals surface area contributed by atoms with Crippen LogP contribution in [-0.4, -0.2) is 20.3 Å². The molecular formula is C7H12O2. The van der Waals surface area contributed by atoms with Crippen molar-refractivity contribution in [1.82, 2.24) is 0 Å². The Bertz CT molecular complexity index is 93.1. The lowest BCUT2D eigenvalue weighted by Gasteiger charge is -1.95. The lowest BCUT2D eigenvalue weighted by Crippen LogP contribution is -1.92. The average molecular weight is 128 g/mol. The zero-order chi connectivity index (χ0) is 6.53. The van der Waals surface area contributed by atoms with Crippen molar-refractivity contribution in [2.24, 2.45) is 5.92 Å². The number of ether oxygens (including phenoxy) is 2. The molecule has 0 aliphatic carbocycles. The molecule has 1 aliphatic rings. The molecule has 0 saturated carbocycles. The molecule has 2 nitrogen and oxygen atoms in total. The smallest absolute Gasteiger partial charge is 0.0788 e. The molecule has 1 unspecified atom stereocenters. The van der Waals surface area contributed by atoms with Gasteiger partial charge in [0.25, 0.3) is 0 Å². The van der Waals surface area contributed by atoms with Gasteiger partial charge >= 0.3 is 0 Å². The molecule has 9 heavy (non-hydrogen) atoms. The van der Waals surface area contributed by atoms with Gasteiger partial charge in [0.2, 0.25) is 0 Å². The fourth-order valence-electron chi connectivity index (χ4n) is 0.894. The summed E-state index contributed by atoms with van der Waals surface area (Å²) in [5.74, 6) is 0.588. The fraction of sp³-hybridized carbons (Fsp3) is 0.714. The van der Waals surface area contributed by atoms with E-state index in [0.717, 1.165) is 19.6 Å². The van der Waals surface area contributed by atoms with Gasteiger partial charge in [-0.05, 0) is 12.5 Å². The highest BCUT2D eigenvalue weighted by Crippen LogP contribution is 2.12. The maximum absolute atomic E-state index is 5.15. The van der Waals surface area contributed by atoms with Crippen molar-refractivity contribution in [2.45, 2.75) is 6.42 Å². The highest BCUT2D eigenvalue weighted by Gasteiger charge is 2.11. The number of methoxy groups -OCH3 is 1. The first kappa shape index (κ1) is 6.62. The lowest BCUT2D eigenvalue weighted by atomic mass is 10.1. The van der Waals surface area contributed by atoms with Crippen molar-refractivity contribution >= 4 is 0 Å². The molecule has 2 heteroatoms. The molecule has 1 aliphatic heterocycles. The minimum atomic E-state index is 0.588. The molecule has 0 amide bonds. The first-order chi connectivity index (χ1) is 4.43. The second-order valence-corrected chi connectivity index (χ2v) is 2.19. The van der Waals surface area contributed by atoms with Gasteiger partial charge in [-0.3, -0.25) is 0 Å². The highest BCUT2D eigenvalue weighted by molar-refractivity contribution is 4.85. The monoisotopic (exact) mass is 128 g/mol. The van der Waals surface area contributed by atoms with E-state index in [1.54, 1.807) is 13.4 Å². The van der Waals surface area contributed by atoms with E-state index in [1.807, 2.05) is 6.08 Å². The van der Waals surface area contributed by atoms with Crippen LogP contribution in [0.3, 0.4) is 0 Å². The van der Waals surface area contributed by atoms with Crippen LogP contribution in [0.4, 0.5) is 0 Å². The molecule has 1 atom stereocenters. The zero-order valence-corrected chi connectivity index (χ0v) is 5.67. The summed E-state index contributed by atoms with van der Waals surface area (Å²) < 4.78 is 9.91. The third-order valence-corrected chi connectivity index (χ3v) is 1.45. The van der Waals surface area contributed by atoms with E-state index >= 15 is 0 Å². The van der Waals surface area contributed by atoms with Crippen LogP contribution in [0, 0.1) is 5.92 Å². The van der Waals surface area contributed by atoms with Crippen molar-refractivity contribution < 1.29 is 9.47 Å². The Labute approximate surface area is 55.5 Å². The van der Waals surface area contributed by atoms with Gasteiger partial charge in [0, 0.05) is 12.5 Å². The summed E-state index contributed by atoms with van der Waals surface area (Å²) in [7, 11) is 1.66. The van der Waals surface area contributed by atoms with Crippen LogP contribution < -0.4 is 0 Å². The minimum Gasteiger partial charge on any atom is -0.505 e. The van der Waals surface area contributed by atoms with Crippen molar-refractivity contribution in [3.8, 4) is 0 Å². The second-order valence-electron chi connectivity index (χ2n) is 2.19. The number of rotatable bonds is 2. The second kappa shape index (κ2) is 3.51. The SMILES string of the molecule is CO/C=C/C1CCOC1. The maximum Gasteiger partial charge on any atom is 0.0788 e. The largest absolute Gasteiger partial charge is 0.505 e. The molecule has 1 saturated heterocycles. The van der Waals surface area contributed by atoms with Crippen molar-refractivity contribution in [2.75, 3.05) is 20.3 Å². The molecule has 0 aromatic heterocycles. The first-order valence-corrected chi connectivity index (χ1v) is 3.20. The molecule has 0 aromatic carbocycles.